The monoisotopic (exact) mass is 862 g/mol. The second kappa shape index (κ2) is 15.1. The number of nitrogens with zero attached hydrogens (tertiary/aromatic N) is 2. The van der Waals surface area contributed by atoms with Gasteiger partial charge in [0.25, 0.3) is 0 Å². The summed E-state index contributed by atoms with van der Waals surface area (Å²) in [5, 5.41) is 2.23. The van der Waals surface area contributed by atoms with Crippen molar-refractivity contribution in [1.29, 1.82) is 0 Å². The lowest BCUT2D eigenvalue weighted by Gasteiger charge is -2.37. The maximum atomic E-state index is 6.28. The molecule has 2 aromatic heterocycles. The van der Waals surface area contributed by atoms with E-state index in [1.54, 1.807) is 22.3 Å². The first-order valence-corrected chi connectivity index (χ1v) is 24.6. The van der Waals surface area contributed by atoms with Crippen molar-refractivity contribution in [3.05, 3.63) is 204 Å². The van der Waals surface area contributed by atoms with Crippen molar-refractivity contribution >= 4 is 21.9 Å². The minimum atomic E-state index is 0.115. The van der Waals surface area contributed by atoms with Crippen molar-refractivity contribution in [2.24, 2.45) is 0 Å². The summed E-state index contributed by atoms with van der Waals surface area (Å²) < 4.78 is 6.28. The zero-order chi connectivity index (χ0) is 44.1. The average molecular weight is 863 g/mol. The highest BCUT2D eigenvalue weighted by Crippen LogP contribution is 2.62. The fourth-order valence-electron chi connectivity index (χ4n) is 13.0. The summed E-state index contributed by atoms with van der Waals surface area (Å²) in [6.45, 7) is 0. The number of hydrogen-bond acceptors (Lipinski definition) is 3. The summed E-state index contributed by atoms with van der Waals surface area (Å²) in [5.41, 5.74) is 24.0. The minimum absolute atomic E-state index is 0.115. The molecule has 322 valence electrons. The van der Waals surface area contributed by atoms with Crippen LogP contribution < -0.4 is 0 Å². The Morgan fingerprint density at radius 1 is 0.313 bits per heavy atom. The lowest BCUT2D eigenvalue weighted by Crippen LogP contribution is -2.29. The maximum Gasteiger partial charge on any atom is 0.160 e. The van der Waals surface area contributed by atoms with E-state index in [2.05, 4.69) is 152 Å². The molecule has 3 nitrogen and oxygen atoms in total. The molecule has 8 aromatic carbocycles. The number of rotatable bonds is 5. The van der Waals surface area contributed by atoms with Gasteiger partial charge in [0.2, 0.25) is 0 Å². The lowest BCUT2D eigenvalue weighted by atomic mass is 9.66. The summed E-state index contributed by atoms with van der Waals surface area (Å²) in [6, 6.07) is 67.2. The zero-order valence-corrected chi connectivity index (χ0v) is 37.7. The van der Waals surface area contributed by atoms with Crippen molar-refractivity contribution in [3.63, 3.8) is 0 Å². The van der Waals surface area contributed by atoms with Crippen molar-refractivity contribution < 1.29 is 4.42 Å². The van der Waals surface area contributed by atoms with Crippen LogP contribution >= 0.6 is 0 Å². The van der Waals surface area contributed by atoms with Crippen LogP contribution in [0.15, 0.2) is 186 Å². The van der Waals surface area contributed by atoms with E-state index < -0.39 is 0 Å². The van der Waals surface area contributed by atoms with Crippen molar-refractivity contribution in [3.8, 4) is 78.4 Å². The third kappa shape index (κ3) is 6.03. The third-order valence-corrected chi connectivity index (χ3v) is 16.3. The number of furan rings is 1. The van der Waals surface area contributed by atoms with E-state index in [0.717, 1.165) is 50.0 Å². The smallest absolute Gasteiger partial charge is 0.160 e. The van der Waals surface area contributed by atoms with E-state index in [1.165, 1.54) is 109 Å². The van der Waals surface area contributed by atoms with Gasteiger partial charge in [0, 0.05) is 38.3 Å². The highest BCUT2D eigenvalue weighted by Gasteiger charge is 2.49. The molecule has 4 aliphatic carbocycles. The molecule has 2 fully saturated rings. The van der Waals surface area contributed by atoms with Crippen LogP contribution in [0.3, 0.4) is 0 Å². The Kier molecular flexibility index (Phi) is 8.75. The van der Waals surface area contributed by atoms with Crippen LogP contribution in [0.25, 0.3) is 100 Å². The second-order valence-corrected chi connectivity index (χ2v) is 19.8. The summed E-state index contributed by atoms with van der Waals surface area (Å²) >= 11 is 0. The van der Waals surface area contributed by atoms with Crippen LogP contribution in [0.4, 0.5) is 0 Å². The first-order valence-electron chi connectivity index (χ1n) is 24.6. The molecule has 0 amide bonds. The molecule has 67 heavy (non-hydrogen) atoms. The summed E-state index contributed by atoms with van der Waals surface area (Å²) in [4.78, 5) is 10.2. The maximum absolute atomic E-state index is 6.28. The van der Waals surface area contributed by atoms with Crippen LogP contribution in [0, 0.1) is 0 Å². The number of para-hydroxylation sites is 1. The Morgan fingerprint density at radius 2 is 0.821 bits per heavy atom. The fourth-order valence-corrected chi connectivity index (χ4v) is 13.0. The molecule has 2 saturated carbocycles. The van der Waals surface area contributed by atoms with E-state index >= 15 is 0 Å². The fraction of sp³-hybridized carbons (Fsp3) is 0.188. The largest absolute Gasteiger partial charge is 0.456 e. The van der Waals surface area contributed by atoms with E-state index in [9.17, 15) is 0 Å². The predicted molar refractivity (Wildman–Crippen MR) is 275 cm³/mol. The van der Waals surface area contributed by atoms with Gasteiger partial charge in [0.15, 0.2) is 5.82 Å². The lowest BCUT2D eigenvalue weighted by molar-refractivity contribution is 0.350. The topological polar surface area (TPSA) is 38.9 Å². The average Bonchev–Trinajstić information content (AvgIpc) is 3.99. The van der Waals surface area contributed by atoms with E-state index in [1.807, 2.05) is 30.3 Å². The van der Waals surface area contributed by atoms with Gasteiger partial charge in [-0.2, -0.15) is 0 Å². The van der Waals surface area contributed by atoms with E-state index in [4.69, 9.17) is 14.4 Å². The van der Waals surface area contributed by atoms with Gasteiger partial charge in [0.05, 0.1) is 11.4 Å². The van der Waals surface area contributed by atoms with Crippen LogP contribution in [-0.2, 0) is 10.8 Å². The molecule has 0 atom stereocenters. The third-order valence-electron chi connectivity index (χ3n) is 16.3. The molecule has 2 spiro atoms. The molecule has 14 rings (SSSR count). The first kappa shape index (κ1) is 38.9. The van der Waals surface area contributed by atoms with Gasteiger partial charge in [0.1, 0.15) is 11.2 Å². The Balaban J connectivity index is 0.794. The highest BCUT2D eigenvalue weighted by molar-refractivity contribution is 6.06. The highest BCUT2D eigenvalue weighted by atomic mass is 16.3. The summed E-state index contributed by atoms with van der Waals surface area (Å²) in [7, 11) is 0. The molecular formula is C64H50N2O. The van der Waals surface area contributed by atoms with E-state index in [0.29, 0.717) is 5.82 Å². The molecule has 0 saturated heterocycles. The van der Waals surface area contributed by atoms with Crippen LogP contribution in [-0.4, -0.2) is 9.97 Å². The number of fused-ring (bicyclic) bond motifs is 13. The predicted octanol–water partition coefficient (Wildman–Crippen LogP) is 17.2. The van der Waals surface area contributed by atoms with Crippen molar-refractivity contribution in [2.75, 3.05) is 0 Å². The second-order valence-electron chi connectivity index (χ2n) is 19.8. The standard InChI is InChI=1S/C64H50N2O/c1-4-14-45(15-5-1)62-65-58(40-59(66-62)47-28-30-50-49-17-7-9-19-60(49)67-61(50)37-47)44-26-24-42(25-27-44)41-20-22-43(23-21-41)46-29-31-55-51(36-46)53-39-56-52(38-57(53)64(55)34-12-3-13-35-64)48-16-6-8-18-54(48)63(56)32-10-2-11-33-63/h1,4-9,14-31,36-40H,2-3,10-13,32-35H2. The van der Waals surface area contributed by atoms with Crippen LogP contribution in [0.5, 0.6) is 0 Å². The van der Waals surface area contributed by atoms with Crippen LogP contribution in [0.2, 0.25) is 0 Å². The molecule has 0 radical (unpaired) electrons. The zero-order valence-electron chi connectivity index (χ0n) is 37.7. The summed E-state index contributed by atoms with van der Waals surface area (Å²) in [6.07, 6.45) is 13.0. The number of hydrogen-bond donors (Lipinski definition) is 0. The molecule has 10 aromatic rings. The van der Waals surface area contributed by atoms with Crippen molar-refractivity contribution in [1.82, 2.24) is 9.97 Å². The van der Waals surface area contributed by atoms with Gasteiger partial charge < -0.3 is 4.42 Å². The van der Waals surface area contributed by atoms with E-state index in [-0.39, 0.29) is 10.8 Å². The Hall–Kier alpha value is -7.36. The molecule has 4 aliphatic rings. The van der Waals surface area contributed by atoms with Gasteiger partial charge in [-0.25, -0.2) is 9.97 Å². The summed E-state index contributed by atoms with van der Waals surface area (Å²) in [5.74, 6) is 0.698. The molecule has 3 heteroatoms. The van der Waals surface area contributed by atoms with Gasteiger partial charge in [-0.15, -0.1) is 0 Å². The molecule has 0 unspecified atom stereocenters. The van der Waals surface area contributed by atoms with Crippen LogP contribution in [0.1, 0.15) is 86.5 Å². The number of benzene rings is 8. The van der Waals surface area contributed by atoms with Gasteiger partial charge in [-0.05, 0) is 135 Å². The van der Waals surface area contributed by atoms with Gasteiger partial charge in [-0.3, -0.25) is 0 Å². The quantitative estimate of drug-likeness (QED) is 0.173. The number of aromatic nitrogens is 2. The molecule has 2 heterocycles. The Bertz CT molecular complexity index is 3570. The Labute approximate surface area is 392 Å². The molecule has 0 aliphatic heterocycles. The molecule has 0 bridgehead atoms. The SMILES string of the molecule is c1ccc(-c2nc(-c3ccc(-c4ccc(-c5ccc6c(c5)-c5cc7c(cc5C65CCCCC5)-c5ccccc5C75CCCCC5)cc4)cc3)cc(-c3ccc4c(c3)oc3ccccc34)n2)cc1. The minimum Gasteiger partial charge on any atom is -0.456 e. The Morgan fingerprint density at radius 3 is 1.52 bits per heavy atom. The normalized spacial score (nSPS) is 16.3. The first-order chi connectivity index (χ1) is 33.1. The molecular weight excluding hydrogens is 813 g/mol. The van der Waals surface area contributed by atoms with Gasteiger partial charge >= 0.3 is 0 Å². The molecule has 0 N–H and O–H groups in total. The van der Waals surface area contributed by atoms with Crippen molar-refractivity contribution in [2.45, 2.75) is 75.0 Å². The van der Waals surface area contributed by atoms with Gasteiger partial charge in [-0.1, -0.05) is 178 Å².